The molecular weight excluding hydrogens is 292 g/mol. The average Bonchev–Trinajstić information content (AvgIpc) is 3.13. The van der Waals surface area contributed by atoms with E-state index in [-0.39, 0.29) is 0 Å². The number of pyridine rings is 1. The molecule has 2 aromatic heterocycles. The molecule has 0 spiro atoms. The molecule has 1 aliphatic rings. The lowest BCUT2D eigenvalue weighted by atomic mass is 9.97. The SMILES string of the molecule is CNc1nnc(-c2c3c(nc4cc(C)cc(C)c24)CCC3)s1. The van der Waals surface area contributed by atoms with Crippen LogP contribution < -0.4 is 5.32 Å². The van der Waals surface area contributed by atoms with Crippen LogP contribution in [0.4, 0.5) is 5.13 Å². The molecule has 0 bridgehead atoms. The molecule has 0 atom stereocenters. The van der Waals surface area contributed by atoms with Crippen LogP contribution in [0.2, 0.25) is 0 Å². The summed E-state index contributed by atoms with van der Waals surface area (Å²) in [4.78, 5) is 4.93. The van der Waals surface area contributed by atoms with Gasteiger partial charge in [0.05, 0.1) is 5.52 Å². The van der Waals surface area contributed by atoms with Crippen LogP contribution in [0.1, 0.15) is 28.8 Å². The predicted octanol–water partition coefficient (Wildman–Crippen LogP) is 3.90. The maximum atomic E-state index is 4.93. The van der Waals surface area contributed by atoms with Crippen molar-refractivity contribution in [1.82, 2.24) is 15.2 Å². The number of anilines is 1. The standard InChI is InChI=1S/C17H18N4S/c1-9-7-10(2)14-13(8-9)19-12-6-4-5-11(12)15(14)16-20-21-17(18-3)22-16/h7-8H,4-6H2,1-3H3,(H,18,21). The Morgan fingerprint density at radius 3 is 2.77 bits per heavy atom. The van der Waals surface area contributed by atoms with Gasteiger partial charge in [0.1, 0.15) is 0 Å². The first-order chi connectivity index (χ1) is 10.7. The van der Waals surface area contributed by atoms with Gasteiger partial charge in [-0.05, 0) is 55.9 Å². The molecule has 0 aliphatic heterocycles. The van der Waals surface area contributed by atoms with Crippen molar-refractivity contribution in [2.24, 2.45) is 0 Å². The third kappa shape index (κ3) is 2.00. The van der Waals surface area contributed by atoms with Crippen molar-refractivity contribution >= 4 is 27.4 Å². The highest BCUT2D eigenvalue weighted by atomic mass is 32.1. The van der Waals surface area contributed by atoms with Crippen LogP contribution >= 0.6 is 11.3 Å². The summed E-state index contributed by atoms with van der Waals surface area (Å²) < 4.78 is 0. The lowest BCUT2D eigenvalue weighted by Crippen LogP contribution is -1.97. The van der Waals surface area contributed by atoms with Crippen LogP contribution in [-0.2, 0) is 12.8 Å². The molecule has 3 aromatic rings. The Bertz CT molecular complexity index is 882. The minimum Gasteiger partial charge on any atom is -0.363 e. The molecule has 22 heavy (non-hydrogen) atoms. The largest absolute Gasteiger partial charge is 0.363 e. The summed E-state index contributed by atoms with van der Waals surface area (Å²) in [5, 5.41) is 14.8. The fourth-order valence-corrected chi connectivity index (χ4v) is 4.21. The number of rotatable bonds is 2. The lowest BCUT2D eigenvalue weighted by Gasteiger charge is -2.13. The molecule has 4 rings (SSSR count). The molecule has 0 saturated heterocycles. The van der Waals surface area contributed by atoms with Crippen LogP contribution in [0.15, 0.2) is 12.1 Å². The highest BCUT2D eigenvalue weighted by Crippen LogP contribution is 2.40. The maximum Gasteiger partial charge on any atom is 0.205 e. The van der Waals surface area contributed by atoms with E-state index in [1.807, 2.05) is 7.05 Å². The van der Waals surface area contributed by atoms with Crippen LogP contribution in [0.25, 0.3) is 21.5 Å². The second kappa shape index (κ2) is 5.02. The maximum absolute atomic E-state index is 4.93. The topological polar surface area (TPSA) is 50.7 Å². The smallest absolute Gasteiger partial charge is 0.205 e. The van der Waals surface area contributed by atoms with Gasteiger partial charge >= 0.3 is 0 Å². The van der Waals surface area contributed by atoms with Crippen LogP contribution in [0, 0.1) is 13.8 Å². The van der Waals surface area contributed by atoms with Gasteiger partial charge in [-0.1, -0.05) is 17.4 Å². The molecule has 0 radical (unpaired) electrons. The zero-order chi connectivity index (χ0) is 15.3. The van der Waals surface area contributed by atoms with E-state index in [4.69, 9.17) is 4.98 Å². The fraction of sp³-hybridized carbons (Fsp3) is 0.353. The van der Waals surface area contributed by atoms with Crippen LogP contribution in [0.5, 0.6) is 0 Å². The number of nitrogens with zero attached hydrogens (tertiary/aromatic N) is 3. The number of benzene rings is 1. The third-order valence-electron chi connectivity index (χ3n) is 4.31. The van der Waals surface area contributed by atoms with E-state index in [1.165, 1.54) is 39.8 Å². The average molecular weight is 310 g/mol. The number of fused-ring (bicyclic) bond motifs is 2. The van der Waals surface area contributed by atoms with Gasteiger partial charge in [0, 0.05) is 23.7 Å². The Kier molecular flexibility index (Phi) is 3.11. The Hall–Kier alpha value is -2.01. The number of aryl methyl sites for hydroxylation is 3. The highest BCUT2D eigenvalue weighted by molar-refractivity contribution is 7.18. The molecule has 112 valence electrons. The number of hydrogen-bond donors (Lipinski definition) is 1. The molecule has 4 nitrogen and oxygen atoms in total. The van der Waals surface area contributed by atoms with Gasteiger partial charge in [-0.15, -0.1) is 10.2 Å². The van der Waals surface area contributed by atoms with Crippen molar-refractivity contribution < 1.29 is 0 Å². The van der Waals surface area contributed by atoms with E-state index < -0.39 is 0 Å². The minimum absolute atomic E-state index is 0.858. The van der Waals surface area contributed by atoms with Gasteiger partial charge in [-0.25, -0.2) is 0 Å². The molecule has 1 N–H and O–H groups in total. The molecule has 0 amide bonds. The number of nitrogens with one attached hydrogen (secondary N) is 1. The summed E-state index contributed by atoms with van der Waals surface area (Å²) in [5.41, 5.74) is 7.50. The van der Waals surface area contributed by atoms with Crippen molar-refractivity contribution in [1.29, 1.82) is 0 Å². The Morgan fingerprint density at radius 2 is 2.00 bits per heavy atom. The Morgan fingerprint density at radius 1 is 1.14 bits per heavy atom. The van der Waals surface area contributed by atoms with Gasteiger partial charge in [-0.3, -0.25) is 4.98 Å². The number of aromatic nitrogens is 3. The third-order valence-corrected chi connectivity index (χ3v) is 5.27. The van der Waals surface area contributed by atoms with Crippen molar-refractivity contribution in [2.45, 2.75) is 33.1 Å². The van der Waals surface area contributed by atoms with Crippen molar-refractivity contribution in [2.75, 3.05) is 12.4 Å². The van der Waals surface area contributed by atoms with E-state index in [0.29, 0.717) is 0 Å². The summed E-state index contributed by atoms with van der Waals surface area (Å²) in [6, 6.07) is 4.42. The quantitative estimate of drug-likeness (QED) is 0.780. The van der Waals surface area contributed by atoms with E-state index in [2.05, 4.69) is 41.5 Å². The Labute approximate surface area is 133 Å². The molecule has 0 fully saturated rings. The lowest BCUT2D eigenvalue weighted by molar-refractivity contribution is 0.901. The van der Waals surface area contributed by atoms with E-state index >= 15 is 0 Å². The molecule has 2 heterocycles. The van der Waals surface area contributed by atoms with Crippen molar-refractivity contribution in [3.8, 4) is 10.6 Å². The number of hydrogen-bond acceptors (Lipinski definition) is 5. The molecule has 0 unspecified atom stereocenters. The molecule has 1 aliphatic carbocycles. The van der Waals surface area contributed by atoms with Crippen molar-refractivity contribution in [3.05, 3.63) is 34.5 Å². The summed E-state index contributed by atoms with van der Waals surface area (Å²) in [6.45, 7) is 4.30. The Balaban J connectivity index is 2.10. The van der Waals surface area contributed by atoms with Gasteiger partial charge < -0.3 is 5.32 Å². The highest BCUT2D eigenvalue weighted by Gasteiger charge is 2.23. The molecule has 5 heteroatoms. The van der Waals surface area contributed by atoms with E-state index in [1.54, 1.807) is 11.3 Å². The first-order valence-electron chi connectivity index (χ1n) is 7.61. The van der Waals surface area contributed by atoms with Crippen molar-refractivity contribution in [3.63, 3.8) is 0 Å². The first kappa shape index (κ1) is 13.6. The van der Waals surface area contributed by atoms with Gasteiger partial charge in [0.15, 0.2) is 5.01 Å². The molecular formula is C17H18N4S. The molecule has 0 saturated carbocycles. The zero-order valence-electron chi connectivity index (χ0n) is 13.0. The van der Waals surface area contributed by atoms with Gasteiger partial charge in [-0.2, -0.15) is 0 Å². The monoisotopic (exact) mass is 310 g/mol. The van der Waals surface area contributed by atoms with Crippen LogP contribution in [-0.4, -0.2) is 22.2 Å². The second-order valence-corrected chi connectivity index (χ2v) is 6.88. The predicted molar refractivity (Wildman–Crippen MR) is 91.7 cm³/mol. The van der Waals surface area contributed by atoms with E-state index in [9.17, 15) is 0 Å². The first-order valence-corrected chi connectivity index (χ1v) is 8.43. The van der Waals surface area contributed by atoms with Gasteiger partial charge in [0.25, 0.3) is 0 Å². The second-order valence-electron chi connectivity index (χ2n) is 5.90. The summed E-state index contributed by atoms with van der Waals surface area (Å²) in [7, 11) is 1.88. The van der Waals surface area contributed by atoms with Gasteiger partial charge in [0.2, 0.25) is 5.13 Å². The normalized spacial score (nSPS) is 13.6. The summed E-state index contributed by atoms with van der Waals surface area (Å²) >= 11 is 1.62. The molecule has 1 aromatic carbocycles. The summed E-state index contributed by atoms with van der Waals surface area (Å²) in [6.07, 6.45) is 3.35. The van der Waals surface area contributed by atoms with E-state index in [0.717, 1.165) is 28.5 Å². The summed E-state index contributed by atoms with van der Waals surface area (Å²) in [5.74, 6) is 0. The van der Waals surface area contributed by atoms with Crippen LogP contribution in [0.3, 0.4) is 0 Å². The fourth-order valence-electron chi connectivity index (χ4n) is 3.44. The minimum atomic E-state index is 0.858. The zero-order valence-corrected chi connectivity index (χ0v) is 13.8.